The van der Waals surface area contributed by atoms with Gasteiger partial charge in [0, 0.05) is 12.1 Å². The average molecular weight is 407 g/mol. The zero-order chi connectivity index (χ0) is 20.3. The highest BCUT2D eigenvalue weighted by Gasteiger charge is 2.45. The summed E-state index contributed by atoms with van der Waals surface area (Å²) in [4.78, 5) is 0. The molecule has 0 unspecified atom stereocenters. The van der Waals surface area contributed by atoms with E-state index in [4.69, 9.17) is 21.1 Å². The van der Waals surface area contributed by atoms with Crippen LogP contribution in [0.5, 0.6) is 0 Å². The van der Waals surface area contributed by atoms with Gasteiger partial charge in [0.15, 0.2) is 0 Å². The van der Waals surface area contributed by atoms with Crippen LogP contribution in [0.2, 0.25) is 5.02 Å². The number of hydrogen-bond donors (Lipinski definition) is 3. The van der Waals surface area contributed by atoms with Gasteiger partial charge in [-0.1, -0.05) is 54.9 Å². The fourth-order valence-electron chi connectivity index (χ4n) is 3.67. The first kappa shape index (κ1) is 21.2. The molecule has 152 valence electrons. The molecule has 0 bridgehead atoms. The number of aryl methyl sites for hydroxylation is 1. The lowest BCUT2D eigenvalue weighted by Gasteiger charge is -2.41. The minimum Gasteiger partial charge on any atom is -0.394 e. The summed E-state index contributed by atoms with van der Waals surface area (Å²) in [7, 11) is 1.41. The van der Waals surface area contributed by atoms with Crippen molar-refractivity contribution in [1.82, 2.24) is 0 Å². The molecule has 0 radical (unpaired) electrons. The van der Waals surface area contributed by atoms with Crippen LogP contribution in [0.1, 0.15) is 35.3 Å². The molecule has 1 aliphatic heterocycles. The van der Waals surface area contributed by atoms with Crippen LogP contribution in [0, 0.1) is 0 Å². The molecule has 0 amide bonds. The molecular weight excluding hydrogens is 380 g/mol. The summed E-state index contributed by atoms with van der Waals surface area (Å²) in [5.74, 6) is 0. The molecule has 2 aromatic rings. The molecule has 0 saturated carbocycles. The SMILES string of the molecule is CCc1ccc(Cc2cc([C@@H]3O[C@H](CO)[C@@H](OC)[C@H](O)[C@H]3O)ccc2Cl)cc1. The van der Waals surface area contributed by atoms with Gasteiger partial charge in [-0.05, 0) is 41.2 Å². The lowest BCUT2D eigenvalue weighted by atomic mass is 9.90. The predicted octanol–water partition coefficient (Wildman–Crippen LogP) is 2.66. The molecule has 1 fully saturated rings. The molecule has 0 aromatic heterocycles. The van der Waals surface area contributed by atoms with Gasteiger partial charge in [0.1, 0.15) is 30.5 Å². The molecule has 28 heavy (non-hydrogen) atoms. The largest absolute Gasteiger partial charge is 0.394 e. The Kier molecular flexibility index (Phi) is 7.10. The number of rotatable bonds is 6. The van der Waals surface area contributed by atoms with Gasteiger partial charge in [-0.15, -0.1) is 0 Å². The van der Waals surface area contributed by atoms with E-state index in [2.05, 4.69) is 31.2 Å². The van der Waals surface area contributed by atoms with E-state index in [0.717, 1.165) is 17.5 Å². The van der Waals surface area contributed by atoms with Crippen LogP contribution < -0.4 is 0 Å². The van der Waals surface area contributed by atoms with Gasteiger partial charge in [-0.25, -0.2) is 0 Å². The summed E-state index contributed by atoms with van der Waals surface area (Å²) in [6.45, 7) is 1.80. The predicted molar refractivity (Wildman–Crippen MR) is 108 cm³/mol. The molecule has 1 saturated heterocycles. The van der Waals surface area contributed by atoms with Crippen molar-refractivity contribution < 1.29 is 24.8 Å². The summed E-state index contributed by atoms with van der Waals surface area (Å²) in [5, 5.41) is 31.1. The molecule has 1 heterocycles. The molecule has 1 aliphatic rings. The number of ether oxygens (including phenoxy) is 2. The summed E-state index contributed by atoms with van der Waals surface area (Å²) < 4.78 is 11.0. The Morgan fingerprint density at radius 3 is 2.32 bits per heavy atom. The van der Waals surface area contributed by atoms with E-state index in [-0.39, 0.29) is 6.61 Å². The van der Waals surface area contributed by atoms with Gasteiger partial charge < -0.3 is 24.8 Å². The van der Waals surface area contributed by atoms with Crippen LogP contribution in [-0.2, 0) is 22.3 Å². The summed E-state index contributed by atoms with van der Waals surface area (Å²) in [6, 6.07) is 13.8. The summed E-state index contributed by atoms with van der Waals surface area (Å²) in [6.07, 6.45) is -3.00. The maximum Gasteiger partial charge on any atom is 0.114 e. The molecule has 3 N–H and O–H groups in total. The van der Waals surface area contributed by atoms with Crippen molar-refractivity contribution in [1.29, 1.82) is 0 Å². The van der Waals surface area contributed by atoms with Crippen molar-refractivity contribution in [3.8, 4) is 0 Å². The number of aliphatic hydroxyl groups is 3. The van der Waals surface area contributed by atoms with Crippen molar-refractivity contribution in [2.45, 2.75) is 50.3 Å². The van der Waals surface area contributed by atoms with Crippen LogP contribution in [0.4, 0.5) is 0 Å². The molecule has 0 aliphatic carbocycles. The third kappa shape index (κ3) is 4.40. The van der Waals surface area contributed by atoms with Gasteiger partial charge in [-0.3, -0.25) is 0 Å². The first-order valence-electron chi connectivity index (χ1n) is 9.49. The number of aliphatic hydroxyl groups excluding tert-OH is 3. The Hall–Kier alpha value is -1.47. The monoisotopic (exact) mass is 406 g/mol. The first-order chi connectivity index (χ1) is 13.5. The van der Waals surface area contributed by atoms with Gasteiger partial charge in [0.25, 0.3) is 0 Å². The standard InChI is InChI=1S/C22H27ClO5/c1-3-13-4-6-14(7-5-13)10-16-11-15(8-9-17(16)23)21-19(25)20(26)22(27-2)18(12-24)28-21/h4-9,11,18-22,24-26H,3,10,12H2,1-2H3/t18-,19-,20-,21+,22-/m1/s1. The van der Waals surface area contributed by atoms with Crippen LogP contribution in [0.25, 0.3) is 0 Å². The smallest absolute Gasteiger partial charge is 0.114 e. The number of methoxy groups -OCH3 is 1. The van der Waals surface area contributed by atoms with Gasteiger partial charge in [0.2, 0.25) is 0 Å². The van der Waals surface area contributed by atoms with E-state index in [1.54, 1.807) is 12.1 Å². The van der Waals surface area contributed by atoms with E-state index in [1.807, 2.05) is 6.07 Å². The normalized spacial score (nSPS) is 27.7. The average Bonchev–Trinajstić information content (AvgIpc) is 2.72. The van der Waals surface area contributed by atoms with Crippen LogP contribution in [-0.4, -0.2) is 53.5 Å². The minimum absolute atomic E-state index is 0.316. The van der Waals surface area contributed by atoms with Crippen molar-refractivity contribution in [3.05, 3.63) is 69.7 Å². The third-order valence-corrected chi connectivity index (χ3v) is 5.73. The Morgan fingerprint density at radius 1 is 1.04 bits per heavy atom. The summed E-state index contributed by atoms with van der Waals surface area (Å²) >= 11 is 6.40. The second-order valence-electron chi connectivity index (χ2n) is 7.16. The zero-order valence-corrected chi connectivity index (χ0v) is 16.8. The zero-order valence-electron chi connectivity index (χ0n) is 16.1. The van der Waals surface area contributed by atoms with Crippen molar-refractivity contribution >= 4 is 11.6 Å². The van der Waals surface area contributed by atoms with Crippen LogP contribution in [0.15, 0.2) is 42.5 Å². The molecular formula is C22H27ClO5. The lowest BCUT2D eigenvalue weighted by molar-refractivity contribution is -0.238. The fourth-order valence-corrected chi connectivity index (χ4v) is 3.86. The molecule has 3 rings (SSSR count). The van der Waals surface area contributed by atoms with Crippen molar-refractivity contribution in [2.24, 2.45) is 0 Å². The topological polar surface area (TPSA) is 79.2 Å². The quantitative estimate of drug-likeness (QED) is 0.687. The second-order valence-corrected chi connectivity index (χ2v) is 7.56. The Labute approximate surface area is 170 Å². The minimum atomic E-state index is -1.18. The van der Waals surface area contributed by atoms with Crippen molar-refractivity contribution in [2.75, 3.05) is 13.7 Å². The van der Waals surface area contributed by atoms with Crippen molar-refractivity contribution in [3.63, 3.8) is 0 Å². The molecule has 5 nitrogen and oxygen atoms in total. The molecule has 2 aromatic carbocycles. The summed E-state index contributed by atoms with van der Waals surface area (Å²) in [5.41, 5.74) is 4.01. The number of halogens is 1. The highest BCUT2D eigenvalue weighted by Crippen LogP contribution is 2.35. The maximum atomic E-state index is 10.5. The molecule has 0 spiro atoms. The van der Waals surface area contributed by atoms with E-state index in [9.17, 15) is 15.3 Å². The second kappa shape index (κ2) is 9.35. The Balaban J connectivity index is 1.85. The van der Waals surface area contributed by atoms with Gasteiger partial charge in [0.05, 0.1) is 6.61 Å². The molecule has 5 atom stereocenters. The van der Waals surface area contributed by atoms with Crippen LogP contribution in [0.3, 0.4) is 0 Å². The maximum absolute atomic E-state index is 10.5. The Bertz CT molecular complexity index is 777. The lowest BCUT2D eigenvalue weighted by Crippen LogP contribution is -2.56. The van der Waals surface area contributed by atoms with Crippen LogP contribution >= 0.6 is 11.6 Å². The van der Waals surface area contributed by atoms with E-state index in [1.165, 1.54) is 12.7 Å². The highest BCUT2D eigenvalue weighted by atomic mass is 35.5. The first-order valence-corrected chi connectivity index (χ1v) is 9.87. The van der Waals surface area contributed by atoms with Gasteiger partial charge >= 0.3 is 0 Å². The Morgan fingerprint density at radius 2 is 1.71 bits per heavy atom. The van der Waals surface area contributed by atoms with E-state index >= 15 is 0 Å². The van der Waals surface area contributed by atoms with Gasteiger partial charge in [-0.2, -0.15) is 0 Å². The number of benzene rings is 2. The molecule has 6 heteroatoms. The third-order valence-electron chi connectivity index (χ3n) is 5.36. The van der Waals surface area contributed by atoms with E-state index < -0.39 is 30.5 Å². The number of hydrogen-bond acceptors (Lipinski definition) is 5. The fraction of sp³-hybridized carbons (Fsp3) is 0.455. The highest BCUT2D eigenvalue weighted by molar-refractivity contribution is 6.31. The van der Waals surface area contributed by atoms with E-state index in [0.29, 0.717) is 17.0 Å².